The van der Waals surface area contributed by atoms with Crippen molar-refractivity contribution in [2.24, 2.45) is 0 Å². The Kier molecular flexibility index (Phi) is 6.80. The van der Waals surface area contributed by atoms with Gasteiger partial charge in [-0.05, 0) is 50.3 Å². The molecule has 1 aromatic heterocycles. The van der Waals surface area contributed by atoms with Gasteiger partial charge in [0.15, 0.2) is 0 Å². The predicted octanol–water partition coefficient (Wildman–Crippen LogP) is 6.15. The van der Waals surface area contributed by atoms with Crippen LogP contribution in [0.5, 0.6) is 0 Å². The Morgan fingerprint density at radius 2 is 1.84 bits per heavy atom. The van der Waals surface area contributed by atoms with Gasteiger partial charge in [0.2, 0.25) is 11.7 Å². The first-order valence-electron chi connectivity index (χ1n) is 11.5. The number of amides is 1. The fourth-order valence-corrected chi connectivity index (χ4v) is 4.19. The van der Waals surface area contributed by atoms with Gasteiger partial charge >= 0.3 is 0 Å². The highest BCUT2D eigenvalue weighted by atomic mass is 16.5. The minimum atomic E-state index is -0.159. The Morgan fingerprint density at radius 1 is 1.06 bits per heavy atom. The van der Waals surface area contributed by atoms with Crippen molar-refractivity contribution < 1.29 is 9.32 Å². The van der Waals surface area contributed by atoms with Crippen molar-refractivity contribution in [1.29, 1.82) is 0 Å². The summed E-state index contributed by atoms with van der Waals surface area (Å²) in [6, 6.07) is 16.0. The first kappa shape index (κ1) is 21.3. The molecule has 2 heterocycles. The quantitative estimate of drug-likeness (QED) is 0.413. The van der Waals surface area contributed by atoms with Crippen LogP contribution in [0.1, 0.15) is 78.9 Å². The number of carbonyl (C=O) groups excluding carboxylic acids is 1. The van der Waals surface area contributed by atoms with Crippen LogP contribution in [-0.2, 0) is 6.42 Å². The number of hydrogen-bond acceptors (Lipinski definition) is 4. The van der Waals surface area contributed by atoms with Crippen molar-refractivity contribution in [1.82, 2.24) is 15.0 Å². The van der Waals surface area contributed by atoms with E-state index in [0.717, 1.165) is 30.4 Å². The van der Waals surface area contributed by atoms with E-state index in [4.69, 9.17) is 4.52 Å². The molecule has 1 aliphatic heterocycles. The van der Waals surface area contributed by atoms with Crippen molar-refractivity contribution in [3.63, 3.8) is 0 Å². The number of aryl methyl sites for hydroxylation is 2. The van der Waals surface area contributed by atoms with Gasteiger partial charge in [0.05, 0.1) is 0 Å². The molecular weight excluding hydrogens is 386 g/mol. The average Bonchev–Trinajstić information content (AvgIpc) is 3.47. The highest BCUT2D eigenvalue weighted by molar-refractivity contribution is 5.94. The molecule has 1 atom stereocenters. The molecule has 4 rings (SSSR count). The van der Waals surface area contributed by atoms with Gasteiger partial charge in [-0.3, -0.25) is 4.79 Å². The van der Waals surface area contributed by atoms with Crippen molar-refractivity contribution in [2.75, 3.05) is 6.54 Å². The summed E-state index contributed by atoms with van der Waals surface area (Å²) in [5.41, 5.74) is 4.13. The Bertz CT molecular complexity index is 992. The number of carbonyl (C=O) groups is 1. The predicted molar refractivity (Wildman–Crippen MR) is 122 cm³/mol. The summed E-state index contributed by atoms with van der Waals surface area (Å²) in [5.74, 6) is 1.13. The van der Waals surface area contributed by atoms with Crippen molar-refractivity contribution in [2.45, 2.75) is 64.8 Å². The largest absolute Gasteiger partial charge is 0.337 e. The summed E-state index contributed by atoms with van der Waals surface area (Å²) in [7, 11) is 0. The molecule has 0 N–H and O–H groups in total. The minimum Gasteiger partial charge on any atom is -0.337 e. The molecule has 0 aliphatic carbocycles. The monoisotopic (exact) mass is 417 g/mol. The van der Waals surface area contributed by atoms with E-state index in [1.54, 1.807) is 0 Å². The number of likely N-dealkylation sites (tertiary alicyclic amines) is 1. The van der Waals surface area contributed by atoms with Crippen LogP contribution in [0, 0.1) is 6.92 Å². The normalized spacial score (nSPS) is 16.1. The lowest BCUT2D eigenvalue weighted by atomic mass is 10.0. The maximum atomic E-state index is 13.2. The van der Waals surface area contributed by atoms with E-state index >= 15 is 0 Å². The third kappa shape index (κ3) is 5.04. The number of unbranched alkanes of at least 4 members (excludes halogenated alkanes) is 3. The molecule has 1 fully saturated rings. The summed E-state index contributed by atoms with van der Waals surface area (Å²) in [6.45, 7) is 4.99. The fraction of sp³-hybridized carbons (Fsp3) is 0.423. The van der Waals surface area contributed by atoms with Gasteiger partial charge in [-0.15, -0.1) is 0 Å². The Balaban J connectivity index is 1.43. The van der Waals surface area contributed by atoms with Crippen LogP contribution < -0.4 is 0 Å². The van der Waals surface area contributed by atoms with Crippen LogP contribution in [0.2, 0.25) is 0 Å². The van der Waals surface area contributed by atoms with Gasteiger partial charge in [0.25, 0.3) is 5.91 Å². The molecule has 1 saturated heterocycles. The van der Waals surface area contributed by atoms with Crippen LogP contribution in [0.4, 0.5) is 0 Å². The first-order valence-corrected chi connectivity index (χ1v) is 11.5. The minimum absolute atomic E-state index is 0.0371. The van der Waals surface area contributed by atoms with Crippen molar-refractivity contribution in [3.05, 3.63) is 71.1 Å². The molecule has 1 aliphatic rings. The van der Waals surface area contributed by atoms with Gasteiger partial charge in [-0.1, -0.05) is 73.3 Å². The van der Waals surface area contributed by atoms with Gasteiger partial charge in [-0.25, -0.2) is 0 Å². The maximum absolute atomic E-state index is 13.2. The van der Waals surface area contributed by atoms with Crippen LogP contribution in [0.3, 0.4) is 0 Å². The van der Waals surface area contributed by atoms with Gasteiger partial charge in [-0.2, -0.15) is 4.98 Å². The van der Waals surface area contributed by atoms with E-state index in [1.807, 2.05) is 48.2 Å². The molecule has 0 spiro atoms. The number of hydrogen-bond donors (Lipinski definition) is 0. The fourth-order valence-electron chi connectivity index (χ4n) is 4.19. The van der Waals surface area contributed by atoms with Gasteiger partial charge < -0.3 is 9.42 Å². The van der Waals surface area contributed by atoms with E-state index in [9.17, 15) is 4.79 Å². The van der Waals surface area contributed by atoms with Gasteiger partial charge in [0.1, 0.15) is 6.04 Å². The summed E-state index contributed by atoms with van der Waals surface area (Å²) in [6.07, 6.45) is 7.86. The molecule has 0 radical (unpaired) electrons. The molecule has 2 aromatic carbocycles. The Morgan fingerprint density at radius 3 is 2.58 bits per heavy atom. The van der Waals surface area contributed by atoms with Crippen LogP contribution in [0.15, 0.2) is 53.1 Å². The summed E-state index contributed by atoms with van der Waals surface area (Å²) in [4.78, 5) is 19.7. The van der Waals surface area contributed by atoms with Gasteiger partial charge in [0, 0.05) is 17.7 Å². The van der Waals surface area contributed by atoms with E-state index in [2.05, 4.69) is 29.2 Å². The molecule has 1 unspecified atom stereocenters. The van der Waals surface area contributed by atoms with E-state index in [-0.39, 0.29) is 11.9 Å². The zero-order valence-corrected chi connectivity index (χ0v) is 18.5. The van der Waals surface area contributed by atoms with Crippen LogP contribution >= 0.6 is 0 Å². The maximum Gasteiger partial charge on any atom is 0.254 e. The lowest BCUT2D eigenvalue weighted by Gasteiger charge is -2.22. The second kappa shape index (κ2) is 9.90. The van der Waals surface area contributed by atoms with Crippen molar-refractivity contribution in [3.8, 4) is 11.4 Å². The molecule has 1 amide bonds. The lowest BCUT2D eigenvalue weighted by molar-refractivity contribution is 0.0710. The summed E-state index contributed by atoms with van der Waals surface area (Å²) >= 11 is 0. The highest BCUT2D eigenvalue weighted by Gasteiger charge is 2.34. The molecule has 5 nitrogen and oxygen atoms in total. The zero-order valence-electron chi connectivity index (χ0n) is 18.5. The standard InChI is InChI=1S/C26H31N3O2/c1-3-4-5-6-8-20-12-16-22(17-13-20)26(30)29-18-7-9-23(29)25-27-24(28-31-25)21-14-10-19(2)11-15-21/h10-17,23H,3-9,18H2,1-2H3. The topological polar surface area (TPSA) is 59.2 Å². The number of aromatic nitrogens is 2. The summed E-state index contributed by atoms with van der Waals surface area (Å²) in [5, 5.41) is 4.16. The number of benzene rings is 2. The van der Waals surface area contributed by atoms with E-state index in [0.29, 0.717) is 18.3 Å². The number of rotatable bonds is 8. The highest BCUT2D eigenvalue weighted by Crippen LogP contribution is 2.33. The van der Waals surface area contributed by atoms with E-state index < -0.39 is 0 Å². The van der Waals surface area contributed by atoms with Crippen LogP contribution in [-0.4, -0.2) is 27.5 Å². The summed E-state index contributed by atoms with van der Waals surface area (Å²) < 4.78 is 5.58. The van der Waals surface area contributed by atoms with E-state index in [1.165, 1.54) is 36.8 Å². The molecule has 162 valence electrons. The van der Waals surface area contributed by atoms with Crippen LogP contribution in [0.25, 0.3) is 11.4 Å². The molecule has 3 aromatic rings. The molecular formula is C26H31N3O2. The second-order valence-electron chi connectivity index (χ2n) is 8.49. The average molecular weight is 418 g/mol. The molecule has 0 saturated carbocycles. The third-order valence-electron chi connectivity index (χ3n) is 6.07. The Labute approximate surface area is 184 Å². The molecule has 31 heavy (non-hydrogen) atoms. The first-order chi connectivity index (χ1) is 15.2. The number of nitrogens with zero attached hydrogens (tertiary/aromatic N) is 3. The molecule has 0 bridgehead atoms. The molecule has 5 heteroatoms. The third-order valence-corrected chi connectivity index (χ3v) is 6.07. The zero-order chi connectivity index (χ0) is 21.6. The second-order valence-corrected chi connectivity index (χ2v) is 8.49. The smallest absolute Gasteiger partial charge is 0.254 e. The lowest BCUT2D eigenvalue weighted by Crippen LogP contribution is -2.30. The SMILES string of the molecule is CCCCCCc1ccc(C(=O)N2CCCC2c2nc(-c3ccc(C)cc3)no2)cc1. The Hall–Kier alpha value is -2.95. The van der Waals surface area contributed by atoms with Crippen molar-refractivity contribution >= 4 is 5.91 Å².